The Balaban J connectivity index is 4.04. The monoisotopic (exact) mass is 204 g/mol. The SMILES string of the molecule is CCCNC(=O)NC(C(=O)O)C(C)O. The lowest BCUT2D eigenvalue weighted by atomic mass is 10.2. The lowest BCUT2D eigenvalue weighted by molar-refractivity contribution is -0.141. The molecule has 0 bridgehead atoms. The average Bonchev–Trinajstić information content (AvgIpc) is 2.09. The molecule has 82 valence electrons. The van der Waals surface area contributed by atoms with Gasteiger partial charge in [0.15, 0.2) is 6.04 Å². The molecule has 0 aliphatic carbocycles. The van der Waals surface area contributed by atoms with Gasteiger partial charge in [-0.2, -0.15) is 0 Å². The van der Waals surface area contributed by atoms with E-state index in [9.17, 15) is 9.59 Å². The van der Waals surface area contributed by atoms with Crippen LogP contribution < -0.4 is 10.6 Å². The summed E-state index contributed by atoms with van der Waals surface area (Å²) in [5.41, 5.74) is 0. The third kappa shape index (κ3) is 4.66. The van der Waals surface area contributed by atoms with E-state index in [-0.39, 0.29) is 0 Å². The summed E-state index contributed by atoms with van der Waals surface area (Å²) in [7, 11) is 0. The number of amides is 2. The summed E-state index contributed by atoms with van der Waals surface area (Å²) < 4.78 is 0. The number of nitrogens with one attached hydrogen (secondary N) is 2. The molecular weight excluding hydrogens is 188 g/mol. The molecule has 6 nitrogen and oxygen atoms in total. The number of urea groups is 1. The number of aliphatic hydroxyl groups is 1. The van der Waals surface area contributed by atoms with E-state index in [1.165, 1.54) is 6.92 Å². The molecule has 0 aliphatic rings. The fourth-order valence-electron chi connectivity index (χ4n) is 0.819. The summed E-state index contributed by atoms with van der Waals surface area (Å²) in [5.74, 6) is -1.26. The van der Waals surface area contributed by atoms with Crippen LogP contribution in [0.5, 0.6) is 0 Å². The molecule has 0 saturated heterocycles. The molecule has 14 heavy (non-hydrogen) atoms. The number of hydrogen-bond donors (Lipinski definition) is 4. The highest BCUT2D eigenvalue weighted by Crippen LogP contribution is 1.92. The fourth-order valence-corrected chi connectivity index (χ4v) is 0.819. The average molecular weight is 204 g/mol. The van der Waals surface area contributed by atoms with Crippen LogP contribution in [0.1, 0.15) is 20.3 Å². The normalized spacial score (nSPS) is 14.2. The van der Waals surface area contributed by atoms with Crippen LogP contribution >= 0.6 is 0 Å². The number of hydrogen-bond acceptors (Lipinski definition) is 3. The van der Waals surface area contributed by atoms with Gasteiger partial charge in [0.25, 0.3) is 0 Å². The lowest BCUT2D eigenvalue weighted by Gasteiger charge is -2.17. The molecule has 0 heterocycles. The Hall–Kier alpha value is -1.30. The van der Waals surface area contributed by atoms with Crippen LogP contribution in [-0.4, -0.2) is 40.9 Å². The van der Waals surface area contributed by atoms with Gasteiger partial charge in [-0.25, -0.2) is 9.59 Å². The van der Waals surface area contributed by atoms with Crippen molar-refractivity contribution in [2.75, 3.05) is 6.54 Å². The smallest absolute Gasteiger partial charge is 0.328 e. The van der Waals surface area contributed by atoms with Gasteiger partial charge in [-0.1, -0.05) is 6.92 Å². The van der Waals surface area contributed by atoms with E-state index < -0.39 is 24.1 Å². The number of aliphatic hydroxyl groups excluding tert-OH is 1. The third-order valence-corrected chi connectivity index (χ3v) is 1.57. The molecular formula is C8H16N2O4. The molecule has 0 spiro atoms. The Morgan fingerprint density at radius 2 is 2.00 bits per heavy atom. The topological polar surface area (TPSA) is 98.7 Å². The predicted molar refractivity (Wildman–Crippen MR) is 49.9 cm³/mol. The van der Waals surface area contributed by atoms with Crippen molar-refractivity contribution in [1.82, 2.24) is 10.6 Å². The zero-order chi connectivity index (χ0) is 11.1. The second-order valence-corrected chi connectivity index (χ2v) is 2.96. The van der Waals surface area contributed by atoms with Crippen molar-refractivity contribution in [2.45, 2.75) is 32.4 Å². The van der Waals surface area contributed by atoms with Gasteiger partial charge in [0.1, 0.15) is 0 Å². The minimum absolute atomic E-state index is 0.470. The maximum absolute atomic E-state index is 11.0. The van der Waals surface area contributed by atoms with Gasteiger partial charge >= 0.3 is 12.0 Å². The summed E-state index contributed by atoms with van der Waals surface area (Å²) in [4.78, 5) is 21.6. The van der Waals surface area contributed by atoms with Crippen LogP contribution in [0.15, 0.2) is 0 Å². The summed E-state index contributed by atoms with van der Waals surface area (Å²) in [6, 6.07) is -1.85. The largest absolute Gasteiger partial charge is 0.480 e. The molecule has 0 radical (unpaired) electrons. The maximum atomic E-state index is 11.0. The Morgan fingerprint density at radius 1 is 1.43 bits per heavy atom. The highest BCUT2D eigenvalue weighted by molar-refractivity contribution is 5.82. The van der Waals surface area contributed by atoms with E-state index in [0.29, 0.717) is 6.54 Å². The second kappa shape index (κ2) is 6.20. The number of carboxylic acids is 1. The maximum Gasteiger partial charge on any atom is 0.328 e. The van der Waals surface area contributed by atoms with E-state index in [0.717, 1.165) is 6.42 Å². The van der Waals surface area contributed by atoms with Crippen LogP contribution in [0.25, 0.3) is 0 Å². The second-order valence-electron chi connectivity index (χ2n) is 2.96. The van der Waals surface area contributed by atoms with Gasteiger partial charge < -0.3 is 20.8 Å². The number of rotatable bonds is 5. The van der Waals surface area contributed by atoms with Crippen molar-refractivity contribution < 1.29 is 19.8 Å². The van der Waals surface area contributed by atoms with Crippen molar-refractivity contribution in [3.63, 3.8) is 0 Å². The quantitative estimate of drug-likeness (QED) is 0.486. The summed E-state index contributed by atoms with van der Waals surface area (Å²) >= 11 is 0. The van der Waals surface area contributed by atoms with Crippen LogP contribution in [-0.2, 0) is 4.79 Å². The fraction of sp³-hybridized carbons (Fsp3) is 0.750. The Kier molecular flexibility index (Phi) is 5.62. The number of carbonyl (C=O) groups excluding carboxylic acids is 1. The van der Waals surface area contributed by atoms with Crippen LogP contribution in [0.4, 0.5) is 4.79 Å². The van der Waals surface area contributed by atoms with E-state index in [1.807, 2.05) is 6.92 Å². The van der Waals surface area contributed by atoms with Crippen molar-refractivity contribution >= 4 is 12.0 Å². The van der Waals surface area contributed by atoms with Crippen molar-refractivity contribution in [1.29, 1.82) is 0 Å². The summed E-state index contributed by atoms with van der Waals surface area (Å²) in [6.45, 7) is 3.65. The van der Waals surface area contributed by atoms with Gasteiger partial charge in [0.05, 0.1) is 6.10 Å². The number of carbonyl (C=O) groups is 2. The molecule has 0 rings (SSSR count). The molecule has 6 heteroatoms. The molecule has 0 aromatic carbocycles. The molecule has 4 N–H and O–H groups in total. The van der Waals surface area contributed by atoms with E-state index in [4.69, 9.17) is 10.2 Å². The van der Waals surface area contributed by atoms with Gasteiger partial charge in [-0.3, -0.25) is 0 Å². The highest BCUT2D eigenvalue weighted by atomic mass is 16.4. The third-order valence-electron chi connectivity index (χ3n) is 1.57. The minimum Gasteiger partial charge on any atom is -0.480 e. The molecule has 2 amide bonds. The predicted octanol–water partition coefficient (Wildman–Crippen LogP) is -0.470. The summed E-state index contributed by atoms with van der Waals surface area (Å²) in [5, 5.41) is 22.2. The first-order valence-corrected chi connectivity index (χ1v) is 4.44. The Labute approximate surface area is 82.3 Å². The Morgan fingerprint density at radius 3 is 2.36 bits per heavy atom. The van der Waals surface area contributed by atoms with Gasteiger partial charge in [-0.15, -0.1) is 0 Å². The summed E-state index contributed by atoms with van der Waals surface area (Å²) in [6.07, 6.45) is -0.361. The molecule has 2 atom stereocenters. The van der Waals surface area contributed by atoms with Gasteiger partial charge in [0.2, 0.25) is 0 Å². The molecule has 0 aromatic rings. The standard InChI is InChI=1S/C8H16N2O4/c1-3-4-9-8(14)10-6(5(2)11)7(12)13/h5-6,11H,3-4H2,1-2H3,(H,12,13)(H2,9,10,14). The van der Waals surface area contributed by atoms with E-state index in [1.54, 1.807) is 0 Å². The molecule has 0 aromatic heterocycles. The van der Waals surface area contributed by atoms with Crippen LogP contribution in [0.2, 0.25) is 0 Å². The first-order valence-electron chi connectivity index (χ1n) is 4.44. The number of aliphatic carboxylic acids is 1. The van der Waals surface area contributed by atoms with Crippen molar-refractivity contribution in [3.05, 3.63) is 0 Å². The zero-order valence-electron chi connectivity index (χ0n) is 8.28. The first kappa shape index (κ1) is 12.7. The van der Waals surface area contributed by atoms with E-state index in [2.05, 4.69) is 10.6 Å². The van der Waals surface area contributed by atoms with Crippen LogP contribution in [0.3, 0.4) is 0 Å². The number of carboxylic acid groups (broad SMARTS) is 1. The zero-order valence-corrected chi connectivity index (χ0v) is 8.28. The molecule has 2 unspecified atom stereocenters. The van der Waals surface area contributed by atoms with Gasteiger partial charge in [-0.05, 0) is 13.3 Å². The Bertz CT molecular complexity index is 206. The molecule has 0 aliphatic heterocycles. The van der Waals surface area contributed by atoms with Crippen molar-refractivity contribution in [2.24, 2.45) is 0 Å². The minimum atomic E-state index is -1.27. The first-order chi connectivity index (χ1) is 6.49. The van der Waals surface area contributed by atoms with Crippen molar-refractivity contribution in [3.8, 4) is 0 Å². The highest BCUT2D eigenvalue weighted by Gasteiger charge is 2.24. The van der Waals surface area contributed by atoms with E-state index >= 15 is 0 Å². The van der Waals surface area contributed by atoms with Gasteiger partial charge in [0, 0.05) is 6.54 Å². The molecule has 0 saturated carbocycles. The molecule has 0 fully saturated rings. The van der Waals surface area contributed by atoms with Crippen LogP contribution in [0, 0.1) is 0 Å². The lowest BCUT2D eigenvalue weighted by Crippen LogP contribution is -2.51.